The number of hydrogen-bond donors (Lipinski definition) is 0. The van der Waals surface area contributed by atoms with Crippen LogP contribution in [0.1, 0.15) is 0 Å². The molecular formula is C18H8Cl2F2O4. The molecule has 0 spiro atoms. The second-order valence-corrected chi connectivity index (χ2v) is 5.94. The molecule has 0 atom stereocenters. The second kappa shape index (κ2) is 7.27. The zero-order chi connectivity index (χ0) is 18.8. The summed E-state index contributed by atoms with van der Waals surface area (Å²) < 4.78 is 35.0. The minimum absolute atomic E-state index is 0.0434. The molecule has 2 aromatic heterocycles. The van der Waals surface area contributed by atoms with E-state index in [9.17, 15) is 18.4 Å². The van der Waals surface area contributed by atoms with E-state index in [1.54, 1.807) is 0 Å². The number of fused-ring (bicyclic) bond motifs is 2. The Bertz CT molecular complexity index is 1130. The van der Waals surface area contributed by atoms with Gasteiger partial charge in [-0.15, -0.1) is 0 Å². The Morgan fingerprint density at radius 3 is 1.42 bits per heavy atom. The molecule has 26 heavy (non-hydrogen) atoms. The zero-order valence-corrected chi connectivity index (χ0v) is 14.3. The van der Waals surface area contributed by atoms with Gasteiger partial charge >= 0.3 is 11.3 Å². The van der Waals surface area contributed by atoms with Crippen LogP contribution in [0.25, 0.3) is 21.9 Å². The maximum Gasteiger partial charge on any atom is 0.355 e. The lowest BCUT2D eigenvalue weighted by Crippen LogP contribution is -1.97. The SMILES string of the molecule is O=c1oc2ccc(F)cc2cc1Cl.O=c1oc2ccc(F)cc2cc1Cl. The van der Waals surface area contributed by atoms with Crippen molar-refractivity contribution in [3.05, 3.63) is 91.1 Å². The van der Waals surface area contributed by atoms with E-state index in [0.717, 1.165) is 0 Å². The monoisotopic (exact) mass is 396 g/mol. The van der Waals surface area contributed by atoms with Crippen LogP contribution < -0.4 is 11.3 Å². The van der Waals surface area contributed by atoms with E-state index in [2.05, 4.69) is 0 Å². The molecule has 0 saturated heterocycles. The van der Waals surface area contributed by atoms with Gasteiger partial charge in [0, 0.05) is 10.8 Å². The van der Waals surface area contributed by atoms with Crippen LogP contribution in [0.4, 0.5) is 8.78 Å². The predicted molar refractivity (Wildman–Crippen MR) is 94.9 cm³/mol. The van der Waals surface area contributed by atoms with Crippen molar-refractivity contribution >= 4 is 45.1 Å². The van der Waals surface area contributed by atoms with E-state index in [0.29, 0.717) is 21.9 Å². The Morgan fingerprint density at radius 1 is 0.654 bits per heavy atom. The van der Waals surface area contributed by atoms with Gasteiger partial charge in [-0.2, -0.15) is 0 Å². The molecule has 0 N–H and O–H groups in total. The van der Waals surface area contributed by atoms with E-state index >= 15 is 0 Å². The Balaban J connectivity index is 0.000000151. The lowest BCUT2D eigenvalue weighted by molar-refractivity contribution is 0.558. The van der Waals surface area contributed by atoms with Crippen LogP contribution in [-0.4, -0.2) is 0 Å². The maximum absolute atomic E-state index is 12.7. The highest BCUT2D eigenvalue weighted by Crippen LogP contribution is 2.17. The highest BCUT2D eigenvalue weighted by molar-refractivity contribution is 6.31. The summed E-state index contributed by atoms with van der Waals surface area (Å²) in [5, 5.41) is 0.866. The summed E-state index contributed by atoms with van der Waals surface area (Å²) in [7, 11) is 0. The molecule has 0 aliphatic heterocycles. The van der Waals surface area contributed by atoms with Gasteiger partial charge < -0.3 is 8.83 Å². The third-order valence-electron chi connectivity index (χ3n) is 3.30. The van der Waals surface area contributed by atoms with Crippen LogP contribution in [0.15, 0.2) is 67.0 Å². The van der Waals surface area contributed by atoms with Gasteiger partial charge in [0.25, 0.3) is 0 Å². The van der Waals surface area contributed by atoms with E-state index in [1.165, 1.54) is 48.5 Å². The third kappa shape index (κ3) is 3.92. The molecule has 8 heteroatoms. The zero-order valence-electron chi connectivity index (χ0n) is 12.8. The van der Waals surface area contributed by atoms with Crippen molar-refractivity contribution in [2.45, 2.75) is 0 Å². The first-order valence-corrected chi connectivity index (χ1v) is 7.87. The summed E-state index contributed by atoms with van der Waals surface area (Å²) in [6, 6.07) is 10.5. The average Bonchev–Trinajstić information content (AvgIpc) is 2.58. The Kier molecular flexibility index (Phi) is 5.06. The van der Waals surface area contributed by atoms with Gasteiger partial charge in [0.15, 0.2) is 0 Å². The summed E-state index contributed by atoms with van der Waals surface area (Å²) >= 11 is 11.0. The molecule has 0 unspecified atom stereocenters. The molecule has 0 bridgehead atoms. The van der Waals surface area contributed by atoms with Crippen LogP contribution in [0.3, 0.4) is 0 Å². The molecule has 2 heterocycles. The molecule has 0 aliphatic carbocycles. The number of halogens is 4. The highest BCUT2D eigenvalue weighted by Gasteiger charge is 2.03. The first-order chi connectivity index (χ1) is 12.3. The molecule has 0 fully saturated rings. The number of rotatable bonds is 0. The van der Waals surface area contributed by atoms with Crippen molar-refractivity contribution in [3.63, 3.8) is 0 Å². The van der Waals surface area contributed by atoms with Crippen molar-refractivity contribution in [1.29, 1.82) is 0 Å². The molecule has 4 rings (SSSR count). The highest BCUT2D eigenvalue weighted by atomic mass is 35.5. The quantitative estimate of drug-likeness (QED) is 0.384. The molecule has 0 aliphatic rings. The summed E-state index contributed by atoms with van der Waals surface area (Å²) in [4.78, 5) is 21.9. The summed E-state index contributed by atoms with van der Waals surface area (Å²) in [5.41, 5.74) is -0.562. The molecule has 0 saturated carbocycles. The van der Waals surface area contributed by atoms with Gasteiger partial charge in [0.1, 0.15) is 32.8 Å². The van der Waals surface area contributed by atoms with E-state index < -0.39 is 22.9 Å². The van der Waals surface area contributed by atoms with Crippen molar-refractivity contribution < 1.29 is 17.6 Å². The first-order valence-electron chi connectivity index (χ1n) is 7.11. The van der Waals surface area contributed by atoms with Crippen molar-refractivity contribution in [3.8, 4) is 0 Å². The first kappa shape index (κ1) is 18.1. The Hall–Kier alpha value is -2.70. The maximum atomic E-state index is 12.7. The lowest BCUT2D eigenvalue weighted by Gasteiger charge is -1.95. The van der Waals surface area contributed by atoms with E-state index in [4.69, 9.17) is 32.0 Å². The minimum atomic E-state index is -0.610. The van der Waals surface area contributed by atoms with Crippen LogP contribution in [0.2, 0.25) is 10.0 Å². The van der Waals surface area contributed by atoms with Crippen molar-refractivity contribution in [1.82, 2.24) is 0 Å². The summed E-state index contributed by atoms with van der Waals surface area (Å²) in [6.07, 6.45) is 0. The van der Waals surface area contributed by atoms with Crippen molar-refractivity contribution in [2.24, 2.45) is 0 Å². The van der Waals surface area contributed by atoms with E-state index in [1.807, 2.05) is 0 Å². The van der Waals surface area contributed by atoms with Crippen LogP contribution in [0, 0.1) is 11.6 Å². The topological polar surface area (TPSA) is 60.4 Å². The standard InChI is InChI=1S/2C9H4ClFO2/c2*10-7-4-5-3-6(11)1-2-8(5)13-9(7)12/h2*1-4H. The fourth-order valence-electron chi connectivity index (χ4n) is 2.14. The fourth-order valence-corrected chi connectivity index (χ4v) is 2.45. The number of benzene rings is 2. The van der Waals surface area contributed by atoms with Crippen LogP contribution >= 0.6 is 23.2 Å². The third-order valence-corrected chi connectivity index (χ3v) is 3.83. The van der Waals surface area contributed by atoms with Gasteiger partial charge in [-0.05, 0) is 48.5 Å². The smallest absolute Gasteiger partial charge is 0.355 e. The van der Waals surface area contributed by atoms with Gasteiger partial charge in [-0.3, -0.25) is 0 Å². The summed E-state index contributed by atoms with van der Waals surface area (Å²) in [6.45, 7) is 0. The van der Waals surface area contributed by atoms with Gasteiger partial charge in [0.2, 0.25) is 0 Å². The molecule has 4 aromatic rings. The van der Waals surface area contributed by atoms with Crippen LogP contribution in [0.5, 0.6) is 0 Å². The van der Waals surface area contributed by atoms with Crippen molar-refractivity contribution in [2.75, 3.05) is 0 Å². The largest absolute Gasteiger partial charge is 0.422 e. The fraction of sp³-hybridized carbons (Fsp3) is 0. The molecule has 0 amide bonds. The van der Waals surface area contributed by atoms with Crippen LogP contribution in [-0.2, 0) is 0 Å². The van der Waals surface area contributed by atoms with E-state index in [-0.39, 0.29) is 10.0 Å². The average molecular weight is 397 g/mol. The molecular weight excluding hydrogens is 389 g/mol. The normalized spacial score (nSPS) is 10.6. The molecule has 132 valence electrons. The molecule has 4 nitrogen and oxygen atoms in total. The van der Waals surface area contributed by atoms with Gasteiger partial charge in [-0.1, -0.05) is 23.2 Å². The Morgan fingerprint density at radius 2 is 1.04 bits per heavy atom. The number of hydrogen-bond acceptors (Lipinski definition) is 4. The predicted octanol–water partition coefficient (Wildman–Crippen LogP) is 5.17. The molecule has 0 radical (unpaired) electrons. The summed E-state index contributed by atoms with van der Waals surface area (Å²) in [5.74, 6) is -0.783. The van der Waals surface area contributed by atoms with Gasteiger partial charge in [0.05, 0.1) is 0 Å². The second-order valence-electron chi connectivity index (χ2n) is 5.13. The Labute approximate surface area is 154 Å². The molecule has 2 aromatic carbocycles. The lowest BCUT2D eigenvalue weighted by atomic mass is 10.2. The minimum Gasteiger partial charge on any atom is -0.422 e. The van der Waals surface area contributed by atoms with Gasteiger partial charge in [-0.25, -0.2) is 18.4 Å².